The highest BCUT2D eigenvalue weighted by Gasteiger charge is 2.11. The second-order valence-corrected chi connectivity index (χ2v) is 5.52. The number of carbonyl (C=O) groups is 1. The largest absolute Gasteiger partial charge is 0.490 e. The Labute approximate surface area is 112 Å². The lowest BCUT2D eigenvalue weighted by atomic mass is 9.93. The molecule has 0 aliphatic carbocycles. The van der Waals surface area contributed by atoms with E-state index in [1.54, 1.807) is 6.07 Å². The molecule has 4 heteroatoms. The number of ether oxygens (including phenoxy) is 1. The van der Waals surface area contributed by atoms with Gasteiger partial charge in [-0.25, -0.2) is 9.18 Å². The maximum absolute atomic E-state index is 13.7. The van der Waals surface area contributed by atoms with Crippen molar-refractivity contribution in [3.63, 3.8) is 0 Å². The van der Waals surface area contributed by atoms with Crippen LogP contribution in [0.2, 0.25) is 0 Å². The number of halogens is 1. The standard InChI is InChI=1S/C15H19FO3/c1-15(2,3)8-9-19-13-6-4-11(10-12(13)16)5-7-14(17)18/h4-7,10H,8-9H2,1-3H3,(H,17,18)/b7-5+. The second-order valence-electron chi connectivity index (χ2n) is 5.52. The van der Waals surface area contributed by atoms with Crippen molar-refractivity contribution in [1.29, 1.82) is 0 Å². The van der Waals surface area contributed by atoms with Crippen LogP contribution < -0.4 is 4.74 Å². The molecule has 0 radical (unpaired) electrons. The number of carboxylic acids is 1. The topological polar surface area (TPSA) is 46.5 Å². The van der Waals surface area contributed by atoms with Crippen LogP contribution in [0.1, 0.15) is 32.8 Å². The molecule has 0 heterocycles. The maximum atomic E-state index is 13.7. The first-order valence-corrected chi connectivity index (χ1v) is 6.11. The SMILES string of the molecule is CC(C)(C)CCOc1ccc(/C=C/C(=O)O)cc1F. The third-order valence-electron chi connectivity index (χ3n) is 2.48. The summed E-state index contributed by atoms with van der Waals surface area (Å²) in [5, 5.41) is 8.49. The second kappa shape index (κ2) is 6.36. The van der Waals surface area contributed by atoms with Crippen molar-refractivity contribution in [2.75, 3.05) is 6.61 Å². The molecule has 0 spiro atoms. The number of hydrogen-bond acceptors (Lipinski definition) is 2. The Balaban J connectivity index is 2.65. The molecule has 0 aliphatic heterocycles. The Bertz CT molecular complexity index is 473. The highest BCUT2D eigenvalue weighted by molar-refractivity contribution is 5.85. The van der Waals surface area contributed by atoms with Crippen LogP contribution in [0.5, 0.6) is 5.75 Å². The molecule has 1 aromatic carbocycles. The molecule has 1 N–H and O–H groups in total. The summed E-state index contributed by atoms with van der Waals surface area (Å²) in [7, 11) is 0. The molecular weight excluding hydrogens is 247 g/mol. The fraction of sp³-hybridized carbons (Fsp3) is 0.400. The van der Waals surface area contributed by atoms with Crippen LogP contribution in [0.4, 0.5) is 4.39 Å². The molecule has 3 nitrogen and oxygen atoms in total. The molecular formula is C15H19FO3. The van der Waals surface area contributed by atoms with Gasteiger partial charge in [-0.1, -0.05) is 26.8 Å². The highest BCUT2D eigenvalue weighted by atomic mass is 19.1. The smallest absolute Gasteiger partial charge is 0.328 e. The lowest BCUT2D eigenvalue weighted by Crippen LogP contribution is -2.11. The third-order valence-corrected chi connectivity index (χ3v) is 2.48. The summed E-state index contributed by atoms with van der Waals surface area (Å²) >= 11 is 0. The molecule has 0 fully saturated rings. The van der Waals surface area contributed by atoms with Gasteiger partial charge in [0.05, 0.1) is 6.61 Å². The van der Waals surface area contributed by atoms with Crippen molar-refractivity contribution in [2.24, 2.45) is 5.41 Å². The average molecular weight is 266 g/mol. The van der Waals surface area contributed by atoms with E-state index in [-0.39, 0.29) is 11.2 Å². The van der Waals surface area contributed by atoms with Crippen molar-refractivity contribution in [1.82, 2.24) is 0 Å². The van der Waals surface area contributed by atoms with Gasteiger partial charge in [0.15, 0.2) is 11.6 Å². The van der Waals surface area contributed by atoms with Crippen LogP contribution >= 0.6 is 0 Å². The van der Waals surface area contributed by atoms with E-state index in [4.69, 9.17) is 9.84 Å². The summed E-state index contributed by atoms with van der Waals surface area (Å²) in [6, 6.07) is 4.39. The summed E-state index contributed by atoms with van der Waals surface area (Å²) in [6.07, 6.45) is 3.13. The van der Waals surface area contributed by atoms with Gasteiger partial charge in [0.2, 0.25) is 0 Å². The lowest BCUT2D eigenvalue weighted by molar-refractivity contribution is -0.131. The summed E-state index contributed by atoms with van der Waals surface area (Å²) in [6.45, 7) is 6.72. The Hall–Kier alpha value is -1.84. The Morgan fingerprint density at radius 3 is 2.63 bits per heavy atom. The average Bonchev–Trinajstić information content (AvgIpc) is 2.27. The highest BCUT2D eigenvalue weighted by Crippen LogP contribution is 2.22. The number of aliphatic carboxylic acids is 1. The predicted molar refractivity (Wildman–Crippen MR) is 72.6 cm³/mol. The molecule has 0 saturated carbocycles. The van der Waals surface area contributed by atoms with Gasteiger partial charge < -0.3 is 9.84 Å². The fourth-order valence-electron chi connectivity index (χ4n) is 1.37. The molecule has 104 valence electrons. The Morgan fingerprint density at radius 1 is 1.42 bits per heavy atom. The molecule has 19 heavy (non-hydrogen) atoms. The molecule has 0 aromatic heterocycles. The first kappa shape index (κ1) is 15.2. The molecule has 0 unspecified atom stereocenters. The van der Waals surface area contributed by atoms with E-state index < -0.39 is 11.8 Å². The maximum Gasteiger partial charge on any atom is 0.328 e. The third kappa shape index (κ3) is 6.04. The van der Waals surface area contributed by atoms with Crippen LogP contribution in [-0.4, -0.2) is 17.7 Å². The summed E-state index contributed by atoms with van der Waals surface area (Å²) in [5.41, 5.74) is 0.628. The van der Waals surface area contributed by atoms with Gasteiger partial charge in [0.25, 0.3) is 0 Å². The lowest BCUT2D eigenvalue weighted by Gasteiger charge is -2.18. The van der Waals surface area contributed by atoms with E-state index in [1.807, 2.05) is 0 Å². The predicted octanol–water partition coefficient (Wildman–Crippen LogP) is 3.74. The summed E-state index contributed by atoms with van der Waals surface area (Å²) < 4.78 is 19.1. The quantitative estimate of drug-likeness (QED) is 0.826. The van der Waals surface area contributed by atoms with E-state index in [2.05, 4.69) is 20.8 Å². The van der Waals surface area contributed by atoms with Crippen LogP contribution in [0.3, 0.4) is 0 Å². The van der Waals surface area contributed by atoms with Crippen LogP contribution in [0, 0.1) is 11.2 Å². The zero-order chi connectivity index (χ0) is 14.5. The summed E-state index contributed by atoms with van der Waals surface area (Å²) in [5.74, 6) is -1.36. The van der Waals surface area contributed by atoms with Crippen LogP contribution in [-0.2, 0) is 4.79 Å². The van der Waals surface area contributed by atoms with Gasteiger partial charge in [0, 0.05) is 6.08 Å². The van der Waals surface area contributed by atoms with Gasteiger partial charge >= 0.3 is 5.97 Å². The minimum atomic E-state index is -1.06. The number of benzene rings is 1. The van der Waals surface area contributed by atoms with Crippen molar-refractivity contribution in [2.45, 2.75) is 27.2 Å². The molecule has 1 rings (SSSR count). The molecule has 0 amide bonds. The van der Waals surface area contributed by atoms with E-state index >= 15 is 0 Å². The normalized spacial score (nSPS) is 11.8. The van der Waals surface area contributed by atoms with Crippen molar-refractivity contribution in [3.8, 4) is 5.75 Å². The number of rotatable bonds is 5. The zero-order valence-corrected chi connectivity index (χ0v) is 11.4. The van der Waals surface area contributed by atoms with E-state index in [0.717, 1.165) is 12.5 Å². The van der Waals surface area contributed by atoms with Gasteiger partial charge in [-0.05, 0) is 35.6 Å². The van der Waals surface area contributed by atoms with Crippen LogP contribution in [0.25, 0.3) is 6.08 Å². The van der Waals surface area contributed by atoms with Gasteiger partial charge in [-0.15, -0.1) is 0 Å². The first-order valence-electron chi connectivity index (χ1n) is 6.11. The molecule has 0 bridgehead atoms. The van der Waals surface area contributed by atoms with Crippen LogP contribution in [0.15, 0.2) is 24.3 Å². The van der Waals surface area contributed by atoms with E-state index in [0.29, 0.717) is 12.2 Å². The molecule has 0 saturated heterocycles. The van der Waals surface area contributed by atoms with Crippen molar-refractivity contribution >= 4 is 12.0 Å². The first-order chi connectivity index (χ1) is 8.78. The Morgan fingerprint density at radius 2 is 2.11 bits per heavy atom. The van der Waals surface area contributed by atoms with Gasteiger partial charge in [-0.3, -0.25) is 0 Å². The molecule has 0 atom stereocenters. The van der Waals surface area contributed by atoms with Crippen molar-refractivity contribution < 1.29 is 19.0 Å². The van der Waals surface area contributed by atoms with Gasteiger partial charge in [0.1, 0.15) is 0 Å². The van der Waals surface area contributed by atoms with Crippen molar-refractivity contribution in [3.05, 3.63) is 35.7 Å². The Kier molecular flexibility index (Phi) is 5.10. The monoisotopic (exact) mass is 266 g/mol. The van der Waals surface area contributed by atoms with E-state index in [1.165, 1.54) is 18.2 Å². The minimum absolute atomic E-state index is 0.140. The fourth-order valence-corrected chi connectivity index (χ4v) is 1.37. The zero-order valence-electron chi connectivity index (χ0n) is 11.4. The van der Waals surface area contributed by atoms with E-state index in [9.17, 15) is 9.18 Å². The summed E-state index contributed by atoms with van der Waals surface area (Å²) in [4.78, 5) is 10.4. The van der Waals surface area contributed by atoms with Gasteiger partial charge in [-0.2, -0.15) is 0 Å². The molecule has 0 aliphatic rings. The molecule has 1 aromatic rings. The minimum Gasteiger partial charge on any atom is -0.490 e. The number of hydrogen-bond donors (Lipinski definition) is 1. The number of carboxylic acid groups (broad SMARTS) is 1.